The molecular formula is C20H15N5O3. The number of nitriles is 1. The second kappa shape index (κ2) is 7.32. The van der Waals surface area contributed by atoms with Crippen LogP contribution in [-0.2, 0) is 6.42 Å². The second-order valence-corrected chi connectivity index (χ2v) is 6.03. The molecule has 0 radical (unpaired) electrons. The summed E-state index contributed by atoms with van der Waals surface area (Å²) in [6, 6.07) is 14.9. The smallest absolute Gasteiger partial charge is 0.261 e. The van der Waals surface area contributed by atoms with Gasteiger partial charge in [0.05, 0.1) is 29.9 Å². The Kier molecular flexibility index (Phi) is 4.56. The largest absolute Gasteiger partial charge is 0.496 e. The molecule has 0 amide bonds. The van der Waals surface area contributed by atoms with Gasteiger partial charge in [0.15, 0.2) is 11.6 Å². The first-order valence-corrected chi connectivity index (χ1v) is 8.47. The third-order valence-corrected chi connectivity index (χ3v) is 4.13. The van der Waals surface area contributed by atoms with Gasteiger partial charge in [0.1, 0.15) is 5.75 Å². The zero-order chi connectivity index (χ0) is 19.5. The van der Waals surface area contributed by atoms with Crippen molar-refractivity contribution in [1.82, 2.24) is 20.3 Å². The van der Waals surface area contributed by atoms with E-state index < -0.39 is 0 Å². The summed E-state index contributed by atoms with van der Waals surface area (Å²) >= 11 is 0. The zero-order valence-electron chi connectivity index (χ0n) is 15.2. The fraction of sp³-hybridized carbons (Fsp3) is 0.150. The summed E-state index contributed by atoms with van der Waals surface area (Å²) in [4.78, 5) is 8.65. The highest BCUT2D eigenvalue weighted by atomic mass is 16.5. The van der Waals surface area contributed by atoms with Gasteiger partial charge in [0.2, 0.25) is 0 Å². The number of hydrogen-bond donors (Lipinski definition) is 0. The van der Waals surface area contributed by atoms with Gasteiger partial charge in [-0.05, 0) is 36.8 Å². The third-order valence-electron chi connectivity index (χ3n) is 4.13. The zero-order valence-corrected chi connectivity index (χ0v) is 15.2. The standard InChI is InChI=1S/C20H15N5O3/c1-12-22-20(27-24-12)16-8-7-13(9-17(16)26-2)10-18-23-19(28-25-18)15-6-4-3-5-14(15)11-21/h3-9H,10H2,1-2H3. The van der Waals surface area contributed by atoms with Gasteiger partial charge in [-0.15, -0.1) is 0 Å². The number of aryl methyl sites for hydroxylation is 1. The Bertz CT molecular complexity index is 1170. The van der Waals surface area contributed by atoms with Crippen LogP contribution in [0.25, 0.3) is 22.9 Å². The molecule has 0 spiro atoms. The van der Waals surface area contributed by atoms with E-state index >= 15 is 0 Å². The van der Waals surface area contributed by atoms with Crippen molar-refractivity contribution in [1.29, 1.82) is 5.26 Å². The summed E-state index contributed by atoms with van der Waals surface area (Å²) < 4.78 is 16.0. The van der Waals surface area contributed by atoms with Crippen LogP contribution in [0, 0.1) is 18.3 Å². The number of aromatic nitrogens is 4. The van der Waals surface area contributed by atoms with Crippen LogP contribution in [0.3, 0.4) is 0 Å². The van der Waals surface area contributed by atoms with Crippen molar-refractivity contribution in [2.45, 2.75) is 13.3 Å². The molecule has 0 fully saturated rings. The lowest BCUT2D eigenvalue weighted by Crippen LogP contribution is -1.95. The molecule has 8 nitrogen and oxygen atoms in total. The van der Waals surface area contributed by atoms with E-state index in [-0.39, 0.29) is 0 Å². The molecule has 4 aromatic rings. The average molecular weight is 373 g/mol. The van der Waals surface area contributed by atoms with Crippen molar-refractivity contribution in [2.24, 2.45) is 0 Å². The maximum absolute atomic E-state index is 9.23. The average Bonchev–Trinajstić information content (AvgIpc) is 3.37. The van der Waals surface area contributed by atoms with Crippen molar-refractivity contribution in [3.63, 3.8) is 0 Å². The second-order valence-electron chi connectivity index (χ2n) is 6.03. The molecule has 0 unspecified atom stereocenters. The van der Waals surface area contributed by atoms with Crippen molar-refractivity contribution in [3.05, 3.63) is 65.2 Å². The fourth-order valence-corrected chi connectivity index (χ4v) is 2.81. The molecule has 2 heterocycles. The quantitative estimate of drug-likeness (QED) is 0.522. The van der Waals surface area contributed by atoms with Crippen LogP contribution in [-0.4, -0.2) is 27.4 Å². The Labute approximate surface area is 160 Å². The van der Waals surface area contributed by atoms with E-state index in [0.29, 0.717) is 52.3 Å². The summed E-state index contributed by atoms with van der Waals surface area (Å²) in [7, 11) is 1.58. The number of ether oxygens (including phenoxy) is 1. The number of nitrogens with zero attached hydrogens (tertiary/aromatic N) is 5. The maximum Gasteiger partial charge on any atom is 0.261 e. The SMILES string of the molecule is COc1cc(Cc2noc(-c3ccccc3C#N)n2)ccc1-c1nc(C)no1. The first-order chi connectivity index (χ1) is 13.7. The molecule has 0 aliphatic rings. The lowest BCUT2D eigenvalue weighted by molar-refractivity contribution is 0.403. The molecule has 0 aliphatic carbocycles. The van der Waals surface area contributed by atoms with Gasteiger partial charge in [-0.1, -0.05) is 28.5 Å². The van der Waals surface area contributed by atoms with E-state index in [4.69, 9.17) is 13.8 Å². The van der Waals surface area contributed by atoms with Crippen LogP contribution < -0.4 is 4.74 Å². The Hall–Kier alpha value is -3.99. The van der Waals surface area contributed by atoms with Crippen molar-refractivity contribution in [2.75, 3.05) is 7.11 Å². The summed E-state index contributed by atoms with van der Waals surface area (Å²) in [6.45, 7) is 1.76. The van der Waals surface area contributed by atoms with Gasteiger partial charge in [-0.25, -0.2) is 0 Å². The highest BCUT2D eigenvalue weighted by Gasteiger charge is 2.16. The summed E-state index contributed by atoms with van der Waals surface area (Å²) in [5.41, 5.74) is 2.74. The highest BCUT2D eigenvalue weighted by Crippen LogP contribution is 2.30. The molecule has 0 saturated heterocycles. The van der Waals surface area contributed by atoms with E-state index in [9.17, 15) is 5.26 Å². The van der Waals surface area contributed by atoms with E-state index in [0.717, 1.165) is 5.56 Å². The van der Waals surface area contributed by atoms with Crippen LogP contribution in [0.5, 0.6) is 5.75 Å². The first-order valence-electron chi connectivity index (χ1n) is 8.47. The lowest BCUT2D eigenvalue weighted by Gasteiger charge is -2.07. The predicted molar refractivity (Wildman–Crippen MR) is 98.3 cm³/mol. The van der Waals surface area contributed by atoms with E-state index in [1.807, 2.05) is 24.3 Å². The van der Waals surface area contributed by atoms with Gasteiger partial charge >= 0.3 is 0 Å². The summed E-state index contributed by atoms with van der Waals surface area (Å²) in [5.74, 6) is 2.39. The summed E-state index contributed by atoms with van der Waals surface area (Å²) in [5, 5.41) is 17.1. The molecule has 0 aliphatic heterocycles. The molecule has 0 saturated carbocycles. The monoisotopic (exact) mass is 373 g/mol. The van der Waals surface area contributed by atoms with Crippen LogP contribution in [0.1, 0.15) is 22.8 Å². The van der Waals surface area contributed by atoms with E-state index in [2.05, 4.69) is 26.4 Å². The molecule has 4 rings (SSSR count). The molecule has 0 bridgehead atoms. The molecule has 138 valence electrons. The molecular weight excluding hydrogens is 358 g/mol. The number of benzene rings is 2. The molecule has 8 heteroatoms. The number of methoxy groups -OCH3 is 1. The minimum absolute atomic E-state index is 0.317. The Morgan fingerprint density at radius 3 is 2.54 bits per heavy atom. The predicted octanol–water partition coefficient (Wildman–Crippen LogP) is 3.57. The Morgan fingerprint density at radius 1 is 1.00 bits per heavy atom. The maximum atomic E-state index is 9.23. The topological polar surface area (TPSA) is 111 Å². The normalized spacial score (nSPS) is 10.6. The van der Waals surface area contributed by atoms with E-state index in [1.165, 1.54) is 0 Å². The Morgan fingerprint density at radius 2 is 1.79 bits per heavy atom. The van der Waals surface area contributed by atoms with Crippen LogP contribution in [0.15, 0.2) is 51.5 Å². The van der Waals surface area contributed by atoms with Crippen molar-refractivity contribution < 1.29 is 13.8 Å². The molecule has 2 aromatic carbocycles. The summed E-state index contributed by atoms with van der Waals surface area (Å²) in [6.07, 6.45) is 0.442. The minimum Gasteiger partial charge on any atom is -0.496 e. The number of rotatable bonds is 5. The van der Waals surface area contributed by atoms with Gasteiger partial charge in [0.25, 0.3) is 11.8 Å². The van der Waals surface area contributed by atoms with Gasteiger partial charge in [-0.2, -0.15) is 15.2 Å². The van der Waals surface area contributed by atoms with Crippen molar-refractivity contribution >= 4 is 0 Å². The first kappa shape index (κ1) is 17.4. The molecule has 2 aromatic heterocycles. The van der Waals surface area contributed by atoms with Crippen molar-refractivity contribution in [3.8, 4) is 34.7 Å². The molecule has 0 N–H and O–H groups in total. The fourth-order valence-electron chi connectivity index (χ4n) is 2.81. The lowest BCUT2D eigenvalue weighted by atomic mass is 10.1. The van der Waals surface area contributed by atoms with Gasteiger partial charge in [-0.3, -0.25) is 0 Å². The van der Waals surface area contributed by atoms with Gasteiger partial charge < -0.3 is 13.8 Å². The molecule has 28 heavy (non-hydrogen) atoms. The van der Waals surface area contributed by atoms with Crippen LogP contribution in [0.2, 0.25) is 0 Å². The minimum atomic E-state index is 0.317. The Balaban J connectivity index is 1.60. The van der Waals surface area contributed by atoms with E-state index in [1.54, 1.807) is 32.2 Å². The third kappa shape index (κ3) is 3.33. The highest BCUT2D eigenvalue weighted by molar-refractivity contribution is 5.64. The number of hydrogen-bond acceptors (Lipinski definition) is 8. The molecule has 0 atom stereocenters. The van der Waals surface area contributed by atoms with Crippen LogP contribution in [0.4, 0.5) is 0 Å². The van der Waals surface area contributed by atoms with Gasteiger partial charge in [0, 0.05) is 6.42 Å². The van der Waals surface area contributed by atoms with Crippen LogP contribution >= 0.6 is 0 Å².